The fourth-order valence-corrected chi connectivity index (χ4v) is 2.71. The van der Waals surface area contributed by atoms with E-state index >= 15 is 0 Å². The fraction of sp³-hybridized carbons (Fsp3) is 0.200. The van der Waals surface area contributed by atoms with Gasteiger partial charge in [0.15, 0.2) is 16.7 Å². The average Bonchev–Trinajstić information content (AvgIpc) is 2.94. The minimum atomic E-state index is -4.52. The van der Waals surface area contributed by atoms with Crippen molar-refractivity contribution in [1.82, 2.24) is 25.0 Å². The Morgan fingerprint density at radius 2 is 1.77 bits per heavy atom. The highest BCUT2D eigenvalue weighted by Gasteiger charge is 2.32. The van der Waals surface area contributed by atoms with E-state index in [1.165, 1.54) is 6.07 Å². The lowest BCUT2D eigenvalue weighted by molar-refractivity contribution is -0.141. The van der Waals surface area contributed by atoms with Crippen LogP contribution in [0.1, 0.15) is 11.5 Å². The summed E-state index contributed by atoms with van der Waals surface area (Å²) in [4.78, 5) is 0. The molecule has 0 N–H and O–H groups in total. The highest BCUT2D eigenvalue weighted by atomic mass is 35.5. The van der Waals surface area contributed by atoms with Gasteiger partial charge in [0.05, 0.1) is 0 Å². The van der Waals surface area contributed by atoms with Crippen LogP contribution < -0.4 is 4.74 Å². The van der Waals surface area contributed by atoms with Gasteiger partial charge in [-0.05, 0) is 48.2 Å². The monoisotopic (exact) mass is 401 g/mol. The molecular formula is C15H11ClF3N5OS. The zero-order valence-corrected chi connectivity index (χ0v) is 14.8. The van der Waals surface area contributed by atoms with Crippen LogP contribution in [0.15, 0.2) is 46.6 Å². The first-order valence-electron chi connectivity index (χ1n) is 7.18. The number of ether oxygens (including phenoxy) is 1. The summed E-state index contributed by atoms with van der Waals surface area (Å²) in [5, 5.41) is 16.1. The van der Waals surface area contributed by atoms with Crippen LogP contribution >= 0.6 is 23.4 Å². The topological polar surface area (TPSA) is 65.7 Å². The van der Waals surface area contributed by atoms with E-state index in [1.54, 1.807) is 35.9 Å². The summed E-state index contributed by atoms with van der Waals surface area (Å²) in [5.74, 6) is 1.17. The standard InChI is InChI=1S/C15H11ClF3N5OS/c1-24-12(8-25-10-4-2-9(16)3-5-10)21-23-14(24)26-13-7-6-11(20-22-13)15(17,18)19/h2-7H,8H2,1H3. The van der Waals surface area contributed by atoms with Crippen LogP contribution in [0.3, 0.4) is 0 Å². The van der Waals surface area contributed by atoms with E-state index in [0.717, 1.165) is 17.8 Å². The first kappa shape index (κ1) is 18.5. The van der Waals surface area contributed by atoms with Gasteiger partial charge in [-0.15, -0.1) is 20.4 Å². The second-order valence-electron chi connectivity index (χ2n) is 5.06. The van der Waals surface area contributed by atoms with Gasteiger partial charge < -0.3 is 9.30 Å². The molecule has 26 heavy (non-hydrogen) atoms. The summed E-state index contributed by atoms with van der Waals surface area (Å²) in [6, 6.07) is 8.98. The van der Waals surface area contributed by atoms with E-state index in [4.69, 9.17) is 16.3 Å². The van der Waals surface area contributed by atoms with Crippen LogP contribution in [0.25, 0.3) is 0 Å². The van der Waals surface area contributed by atoms with Crippen molar-refractivity contribution in [1.29, 1.82) is 0 Å². The molecule has 2 aromatic heterocycles. The van der Waals surface area contributed by atoms with Crippen LogP contribution in [0, 0.1) is 0 Å². The Hall–Kier alpha value is -2.33. The fourth-order valence-electron chi connectivity index (χ4n) is 1.86. The van der Waals surface area contributed by atoms with Crippen molar-refractivity contribution in [2.24, 2.45) is 7.05 Å². The molecule has 2 heterocycles. The molecule has 136 valence electrons. The van der Waals surface area contributed by atoms with Crippen LogP contribution in [-0.2, 0) is 19.8 Å². The Kier molecular flexibility index (Phi) is 5.33. The summed E-state index contributed by atoms with van der Waals surface area (Å²) < 4.78 is 44.8. The largest absolute Gasteiger partial charge is 0.486 e. The first-order chi connectivity index (χ1) is 12.3. The van der Waals surface area contributed by atoms with Gasteiger partial charge in [0.1, 0.15) is 17.4 Å². The van der Waals surface area contributed by atoms with E-state index in [0.29, 0.717) is 21.8 Å². The molecule has 0 radical (unpaired) electrons. The quantitative estimate of drug-likeness (QED) is 0.643. The third kappa shape index (κ3) is 4.44. The van der Waals surface area contributed by atoms with Crippen molar-refractivity contribution in [3.8, 4) is 5.75 Å². The molecule has 0 saturated heterocycles. The molecule has 11 heteroatoms. The molecule has 1 aromatic carbocycles. The van der Waals surface area contributed by atoms with Crippen molar-refractivity contribution >= 4 is 23.4 Å². The van der Waals surface area contributed by atoms with Crippen molar-refractivity contribution in [3.05, 3.63) is 52.9 Å². The smallest absolute Gasteiger partial charge is 0.435 e. The summed E-state index contributed by atoms with van der Waals surface area (Å²) in [7, 11) is 1.72. The molecule has 3 aromatic rings. The van der Waals surface area contributed by atoms with Gasteiger partial charge in [-0.1, -0.05) is 11.6 Å². The van der Waals surface area contributed by atoms with Gasteiger partial charge in [-0.3, -0.25) is 0 Å². The van der Waals surface area contributed by atoms with Gasteiger partial charge in [0.25, 0.3) is 0 Å². The van der Waals surface area contributed by atoms with E-state index < -0.39 is 11.9 Å². The van der Waals surface area contributed by atoms with E-state index in [1.807, 2.05) is 0 Å². The summed E-state index contributed by atoms with van der Waals surface area (Å²) >= 11 is 6.86. The van der Waals surface area contributed by atoms with Gasteiger partial charge >= 0.3 is 6.18 Å². The van der Waals surface area contributed by atoms with E-state index in [-0.39, 0.29) is 11.6 Å². The minimum Gasteiger partial charge on any atom is -0.486 e. The van der Waals surface area contributed by atoms with Crippen LogP contribution in [0.4, 0.5) is 13.2 Å². The molecule has 0 aliphatic heterocycles. The molecular weight excluding hydrogens is 391 g/mol. The predicted octanol–water partition coefficient (Wildman–Crippen LogP) is 4.01. The Morgan fingerprint density at radius 1 is 1.04 bits per heavy atom. The Bertz CT molecular complexity index is 884. The number of benzene rings is 1. The van der Waals surface area contributed by atoms with Crippen LogP contribution in [-0.4, -0.2) is 25.0 Å². The molecule has 0 saturated carbocycles. The summed E-state index contributed by atoms with van der Waals surface area (Å²) in [6.07, 6.45) is -4.52. The van der Waals surface area contributed by atoms with Gasteiger partial charge in [-0.2, -0.15) is 13.2 Å². The molecule has 0 aliphatic carbocycles. The Balaban J connectivity index is 1.66. The van der Waals surface area contributed by atoms with Crippen LogP contribution in [0.2, 0.25) is 5.02 Å². The molecule has 0 fully saturated rings. The SMILES string of the molecule is Cn1c(COc2ccc(Cl)cc2)nnc1Sc1ccc(C(F)(F)F)nn1. The zero-order valence-electron chi connectivity index (χ0n) is 13.2. The lowest BCUT2D eigenvalue weighted by atomic mass is 10.3. The molecule has 0 atom stereocenters. The third-order valence-electron chi connectivity index (χ3n) is 3.23. The second-order valence-corrected chi connectivity index (χ2v) is 6.48. The van der Waals surface area contributed by atoms with E-state index in [9.17, 15) is 13.2 Å². The highest BCUT2D eigenvalue weighted by molar-refractivity contribution is 7.99. The predicted molar refractivity (Wildman–Crippen MR) is 87.9 cm³/mol. The van der Waals surface area contributed by atoms with Gasteiger partial charge in [-0.25, -0.2) is 0 Å². The lowest BCUT2D eigenvalue weighted by Crippen LogP contribution is -2.09. The molecule has 0 unspecified atom stereocenters. The first-order valence-corrected chi connectivity index (χ1v) is 8.38. The third-order valence-corrected chi connectivity index (χ3v) is 4.45. The molecule has 0 aliphatic rings. The second kappa shape index (κ2) is 7.50. The molecule has 3 rings (SSSR count). The molecule has 0 spiro atoms. The zero-order chi connectivity index (χ0) is 18.7. The molecule has 6 nitrogen and oxygen atoms in total. The summed E-state index contributed by atoms with van der Waals surface area (Å²) in [6.45, 7) is 0.171. The van der Waals surface area contributed by atoms with Gasteiger partial charge in [0, 0.05) is 12.1 Å². The van der Waals surface area contributed by atoms with E-state index in [2.05, 4.69) is 20.4 Å². The number of nitrogens with zero attached hydrogens (tertiary/aromatic N) is 5. The maximum absolute atomic E-state index is 12.5. The number of rotatable bonds is 5. The van der Waals surface area contributed by atoms with Crippen molar-refractivity contribution in [3.63, 3.8) is 0 Å². The number of hydrogen-bond acceptors (Lipinski definition) is 6. The van der Waals surface area contributed by atoms with Crippen molar-refractivity contribution in [2.75, 3.05) is 0 Å². The molecule has 0 bridgehead atoms. The summed E-state index contributed by atoms with van der Waals surface area (Å²) in [5.41, 5.74) is -1.04. The number of halogens is 4. The number of alkyl halides is 3. The maximum Gasteiger partial charge on any atom is 0.435 e. The van der Waals surface area contributed by atoms with Gasteiger partial charge in [0.2, 0.25) is 0 Å². The number of aromatic nitrogens is 5. The lowest BCUT2D eigenvalue weighted by Gasteiger charge is -2.07. The van der Waals surface area contributed by atoms with Crippen molar-refractivity contribution < 1.29 is 17.9 Å². The average molecular weight is 402 g/mol. The maximum atomic E-state index is 12.5. The highest BCUT2D eigenvalue weighted by Crippen LogP contribution is 2.29. The Labute approximate surface area is 155 Å². The normalized spacial score (nSPS) is 11.6. The number of hydrogen-bond donors (Lipinski definition) is 0. The minimum absolute atomic E-state index is 0.171. The van der Waals surface area contributed by atoms with Crippen LogP contribution in [0.5, 0.6) is 5.75 Å². The van der Waals surface area contributed by atoms with Crippen molar-refractivity contribution in [2.45, 2.75) is 23.0 Å². The Morgan fingerprint density at radius 3 is 2.38 bits per heavy atom. The molecule has 0 amide bonds.